The van der Waals surface area contributed by atoms with Gasteiger partial charge in [-0.15, -0.1) is 0 Å². The molecule has 5 nitrogen and oxygen atoms in total. The first-order chi connectivity index (χ1) is 7.79. The summed E-state index contributed by atoms with van der Waals surface area (Å²) in [6, 6.07) is 1.89. The van der Waals surface area contributed by atoms with E-state index in [2.05, 4.69) is 15.2 Å². The van der Waals surface area contributed by atoms with Crippen LogP contribution in [0.4, 0.5) is 0 Å². The molecule has 17 heavy (non-hydrogen) atoms. The highest BCUT2D eigenvalue weighted by Crippen LogP contribution is 1.73. The van der Waals surface area contributed by atoms with Crippen LogP contribution in [0.25, 0.3) is 0 Å². The van der Waals surface area contributed by atoms with Crippen molar-refractivity contribution in [3.8, 4) is 0 Å². The number of aryl methyl sites for hydroxylation is 2. The minimum Gasteiger partial charge on any atom is -0.276 e. The number of rotatable bonds is 0. The third kappa shape index (κ3) is 14.4. The van der Waals surface area contributed by atoms with Gasteiger partial charge in [0.15, 0.2) is 0 Å². The lowest BCUT2D eigenvalue weighted by atomic mass is 10.8. The monoisotopic (exact) mass is 241 g/mol. The summed E-state index contributed by atoms with van der Waals surface area (Å²) in [6.45, 7) is 8.00. The fourth-order valence-corrected chi connectivity index (χ4v) is 0.613. The second kappa shape index (κ2) is 16.8. The Morgan fingerprint density at radius 3 is 1.59 bits per heavy atom. The van der Waals surface area contributed by atoms with Gasteiger partial charge < -0.3 is 0 Å². The lowest BCUT2D eigenvalue weighted by molar-refractivity contribution is 0.765. The molecule has 0 saturated heterocycles. The Morgan fingerprint density at radius 2 is 1.47 bits per heavy atom. The summed E-state index contributed by atoms with van der Waals surface area (Å²) < 4.78 is 3.39. The fourth-order valence-electron chi connectivity index (χ4n) is 0.613. The minimum atomic E-state index is 0. The SMILES string of the molecule is C.CC.CC.Cn1cccn1.Cn1cncn1. The van der Waals surface area contributed by atoms with Crippen LogP contribution in [0.15, 0.2) is 31.1 Å². The molecule has 0 aromatic carbocycles. The second-order valence-electron chi connectivity index (χ2n) is 2.25. The molecule has 0 saturated carbocycles. The molecule has 0 aliphatic heterocycles. The van der Waals surface area contributed by atoms with E-state index in [0.29, 0.717) is 0 Å². The van der Waals surface area contributed by atoms with Crippen molar-refractivity contribution in [1.29, 1.82) is 0 Å². The lowest BCUT2D eigenvalue weighted by Gasteiger charge is -1.77. The van der Waals surface area contributed by atoms with E-state index in [1.807, 2.05) is 54.1 Å². The van der Waals surface area contributed by atoms with E-state index in [1.165, 1.54) is 6.33 Å². The Kier molecular flexibility index (Phi) is 20.4. The van der Waals surface area contributed by atoms with Gasteiger partial charge in [0.2, 0.25) is 0 Å². The second-order valence-corrected chi connectivity index (χ2v) is 2.25. The van der Waals surface area contributed by atoms with Gasteiger partial charge in [-0.05, 0) is 6.07 Å². The zero-order valence-corrected chi connectivity index (χ0v) is 11.1. The third-order valence-corrected chi connectivity index (χ3v) is 1.17. The molecule has 100 valence electrons. The summed E-state index contributed by atoms with van der Waals surface area (Å²) in [5.41, 5.74) is 0. The molecule has 5 heteroatoms. The van der Waals surface area contributed by atoms with E-state index in [9.17, 15) is 0 Å². The van der Waals surface area contributed by atoms with Gasteiger partial charge in [-0.1, -0.05) is 35.1 Å². The van der Waals surface area contributed by atoms with E-state index >= 15 is 0 Å². The molecule has 2 heterocycles. The van der Waals surface area contributed by atoms with Crippen molar-refractivity contribution in [3.05, 3.63) is 31.1 Å². The lowest BCUT2D eigenvalue weighted by Crippen LogP contribution is -1.83. The predicted octanol–water partition coefficient (Wildman–Crippen LogP) is 2.92. The highest BCUT2D eigenvalue weighted by molar-refractivity contribution is 4.75. The van der Waals surface area contributed by atoms with Gasteiger partial charge in [-0.25, -0.2) is 4.98 Å². The average Bonchev–Trinajstić information content (AvgIpc) is 2.98. The van der Waals surface area contributed by atoms with Crippen molar-refractivity contribution in [3.63, 3.8) is 0 Å². The Labute approximate surface area is 106 Å². The summed E-state index contributed by atoms with van der Waals surface area (Å²) in [5.74, 6) is 0. The maximum absolute atomic E-state index is 3.83. The van der Waals surface area contributed by atoms with Crippen LogP contribution in [0.5, 0.6) is 0 Å². The van der Waals surface area contributed by atoms with Crippen LogP contribution in [-0.2, 0) is 14.1 Å². The smallest absolute Gasteiger partial charge is 0.137 e. The first-order valence-corrected chi connectivity index (χ1v) is 5.51. The summed E-state index contributed by atoms with van der Waals surface area (Å²) >= 11 is 0. The summed E-state index contributed by atoms with van der Waals surface area (Å²) in [7, 11) is 3.72. The van der Waals surface area contributed by atoms with Crippen LogP contribution in [0.3, 0.4) is 0 Å². The highest BCUT2D eigenvalue weighted by Gasteiger charge is 1.70. The molecule has 0 fully saturated rings. The molecule has 0 N–H and O–H groups in total. The normalized spacial score (nSPS) is 6.94. The average molecular weight is 241 g/mol. The summed E-state index contributed by atoms with van der Waals surface area (Å²) in [5, 5.41) is 7.56. The number of hydrogen-bond donors (Lipinski definition) is 0. The standard InChI is InChI=1S/C4H6N2.C3H5N3.2C2H6.CH4/c1-6-4-2-3-5-6;1-6-3-4-2-5-6;2*1-2;/h2-4H,1H3;2-3H,1H3;2*1-2H3;1H4. The van der Waals surface area contributed by atoms with Crippen molar-refractivity contribution < 1.29 is 0 Å². The minimum absolute atomic E-state index is 0. The molecule has 0 amide bonds. The van der Waals surface area contributed by atoms with Crippen molar-refractivity contribution in [2.75, 3.05) is 0 Å². The largest absolute Gasteiger partial charge is 0.276 e. The Bertz CT molecular complexity index is 254. The van der Waals surface area contributed by atoms with Gasteiger partial charge >= 0.3 is 0 Å². The fraction of sp³-hybridized carbons (Fsp3) is 0.583. The zero-order valence-electron chi connectivity index (χ0n) is 11.1. The van der Waals surface area contributed by atoms with Gasteiger partial charge in [-0.2, -0.15) is 10.2 Å². The van der Waals surface area contributed by atoms with Crippen LogP contribution >= 0.6 is 0 Å². The highest BCUT2D eigenvalue weighted by atomic mass is 15.3. The summed E-state index contributed by atoms with van der Waals surface area (Å²) in [6.07, 6.45) is 6.78. The van der Waals surface area contributed by atoms with Gasteiger partial charge in [-0.3, -0.25) is 9.36 Å². The molecule has 0 bridgehead atoms. The van der Waals surface area contributed by atoms with E-state index in [4.69, 9.17) is 0 Å². The molecule has 0 aliphatic rings. The van der Waals surface area contributed by atoms with Gasteiger partial charge in [0.05, 0.1) is 0 Å². The number of aromatic nitrogens is 5. The molecular formula is C12H27N5. The van der Waals surface area contributed by atoms with E-state index < -0.39 is 0 Å². The topological polar surface area (TPSA) is 48.5 Å². The van der Waals surface area contributed by atoms with Gasteiger partial charge in [0.1, 0.15) is 12.7 Å². The summed E-state index contributed by atoms with van der Waals surface area (Å²) in [4.78, 5) is 3.67. The number of nitrogens with zero attached hydrogens (tertiary/aromatic N) is 5. The third-order valence-electron chi connectivity index (χ3n) is 1.17. The Morgan fingerprint density at radius 1 is 0.882 bits per heavy atom. The molecule has 2 rings (SSSR count). The molecule has 0 spiro atoms. The molecule has 2 aromatic rings. The van der Waals surface area contributed by atoms with Gasteiger partial charge in [0, 0.05) is 26.5 Å². The van der Waals surface area contributed by atoms with Crippen LogP contribution in [0.2, 0.25) is 0 Å². The molecule has 0 radical (unpaired) electrons. The first-order valence-electron chi connectivity index (χ1n) is 5.51. The van der Waals surface area contributed by atoms with Gasteiger partial charge in [0.25, 0.3) is 0 Å². The molecule has 0 aliphatic carbocycles. The maximum Gasteiger partial charge on any atom is 0.137 e. The van der Waals surface area contributed by atoms with Crippen LogP contribution in [-0.4, -0.2) is 24.5 Å². The molecule has 0 atom stereocenters. The molecular weight excluding hydrogens is 214 g/mol. The van der Waals surface area contributed by atoms with Crippen LogP contribution in [0.1, 0.15) is 35.1 Å². The van der Waals surface area contributed by atoms with Crippen molar-refractivity contribution >= 4 is 0 Å². The maximum atomic E-state index is 3.83. The first kappa shape index (κ1) is 20.7. The van der Waals surface area contributed by atoms with E-state index in [-0.39, 0.29) is 7.43 Å². The Balaban J connectivity index is -0.000000171. The van der Waals surface area contributed by atoms with Crippen LogP contribution in [0, 0.1) is 0 Å². The number of hydrogen-bond acceptors (Lipinski definition) is 3. The van der Waals surface area contributed by atoms with E-state index in [1.54, 1.807) is 21.9 Å². The van der Waals surface area contributed by atoms with E-state index in [0.717, 1.165) is 0 Å². The quantitative estimate of drug-likeness (QED) is 0.712. The molecule has 0 unspecified atom stereocenters. The van der Waals surface area contributed by atoms with Crippen molar-refractivity contribution in [2.45, 2.75) is 35.1 Å². The van der Waals surface area contributed by atoms with Crippen molar-refractivity contribution in [2.24, 2.45) is 14.1 Å². The Hall–Kier alpha value is -1.65. The molecule has 2 aromatic heterocycles. The van der Waals surface area contributed by atoms with Crippen LogP contribution < -0.4 is 0 Å². The predicted molar refractivity (Wildman–Crippen MR) is 73.6 cm³/mol. The van der Waals surface area contributed by atoms with Crippen molar-refractivity contribution in [1.82, 2.24) is 24.5 Å². The zero-order chi connectivity index (χ0) is 12.8.